The number of aliphatic hydroxyl groups excluding tert-OH is 1. The van der Waals surface area contributed by atoms with Crippen LogP contribution in [0.4, 0.5) is 8.78 Å². The molecule has 0 heterocycles. The molecule has 0 amide bonds. The maximum Gasteiger partial charge on any atom is 0.264 e. The molecule has 0 aromatic heterocycles. The summed E-state index contributed by atoms with van der Waals surface area (Å²) in [6.45, 7) is 0. The van der Waals surface area contributed by atoms with Crippen molar-refractivity contribution in [2.24, 2.45) is 5.92 Å². The molecular weight excluding hydrogens is 138 g/mol. The first-order valence-corrected chi connectivity index (χ1v) is 3.66. The summed E-state index contributed by atoms with van der Waals surface area (Å²) >= 11 is 0. The van der Waals surface area contributed by atoms with Crippen LogP contribution >= 0.6 is 0 Å². The van der Waals surface area contributed by atoms with E-state index in [4.69, 9.17) is 5.11 Å². The van der Waals surface area contributed by atoms with Gasteiger partial charge in [-0.2, -0.15) is 0 Å². The molecule has 0 aliphatic heterocycles. The van der Waals surface area contributed by atoms with Gasteiger partial charge in [-0.3, -0.25) is 0 Å². The molecule has 60 valence electrons. The third-order valence-corrected chi connectivity index (χ3v) is 1.86. The van der Waals surface area contributed by atoms with Crippen molar-refractivity contribution in [2.75, 3.05) is 0 Å². The first kappa shape index (κ1) is 7.92. The van der Waals surface area contributed by atoms with Crippen molar-refractivity contribution in [1.82, 2.24) is 0 Å². The Labute approximate surface area is 59.0 Å². The Bertz CT molecular complexity index is 102. The molecule has 1 nitrogen and oxygen atoms in total. The molecule has 1 rings (SSSR count). The molecule has 1 atom stereocenters. The van der Waals surface area contributed by atoms with Gasteiger partial charge >= 0.3 is 0 Å². The highest BCUT2D eigenvalue weighted by Gasteiger charge is 2.24. The Hall–Kier alpha value is -0.180. The Balaban J connectivity index is 1.99. The predicted molar refractivity (Wildman–Crippen MR) is 34.0 cm³/mol. The lowest BCUT2D eigenvalue weighted by atomic mass is 10.1. The van der Waals surface area contributed by atoms with Crippen molar-refractivity contribution in [3.63, 3.8) is 0 Å². The van der Waals surface area contributed by atoms with Gasteiger partial charge in [0.2, 0.25) is 0 Å². The van der Waals surface area contributed by atoms with E-state index >= 15 is 0 Å². The van der Waals surface area contributed by atoms with E-state index in [9.17, 15) is 8.78 Å². The number of aliphatic hydroxyl groups is 1. The smallest absolute Gasteiger partial charge is 0.264 e. The average Bonchev–Trinajstić information content (AvgIpc) is 2.64. The quantitative estimate of drug-likeness (QED) is 0.647. The van der Waals surface area contributed by atoms with Crippen molar-refractivity contribution < 1.29 is 13.9 Å². The highest BCUT2D eigenvalue weighted by atomic mass is 19.3. The summed E-state index contributed by atoms with van der Waals surface area (Å²) in [4.78, 5) is 0. The van der Waals surface area contributed by atoms with Gasteiger partial charge in [-0.15, -0.1) is 0 Å². The van der Waals surface area contributed by atoms with Gasteiger partial charge in [-0.05, 0) is 18.8 Å². The first-order chi connectivity index (χ1) is 4.70. The normalized spacial score (nSPS) is 21.6. The van der Waals surface area contributed by atoms with E-state index in [2.05, 4.69) is 0 Å². The fraction of sp³-hybridized carbons (Fsp3) is 1.00. The van der Waals surface area contributed by atoms with Crippen LogP contribution in [-0.4, -0.2) is 17.6 Å². The van der Waals surface area contributed by atoms with Gasteiger partial charge in [0, 0.05) is 0 Å². The molecule has 0 spiro atoms. The minimum atomic E-state index is -2.56. The molecule has 10 heavy (non-hydrogen) atoms. The molecule has 1 fully saturated rings. The van der Waals surface area contributed by atoms with Crippen LogP contribution in [0.2, 0.25) is 0 Å². The van der Waals surface area contributed by atoms with Gasteiger partial charge in [0.05, 0.1) is 0 Å². The second-order valence-electron chi connectivity index (χ2n) is 2.92. The number of hydrogen-bond donors (Lipinski definition) is 1. The minimum absolute atomic E-state index is 0.266. The van der Waals surface area contributed by atoms with Crippen molar-refractivity contribution in [3.8, 4) is 0 Å². The zero-order chi connectivity index (χ0) is 7.56. The lowest BCUT2D eigenvalue weighted by molar-refractivity contribution is -0.0104. The van der Waals surface area contributed by atoms with Crippen LogP contribution in [0.3, 0.4) is 0 Å². The summed E-state index contributed by atoms with van der Waals surface area (Å²) in [7, 11) is 0. The van der Waals surface area contributed by atoms with E-state index in [0.29, 0.717) is 5.92 Å². The largest absolute Gasteiger partial charge is 0.387 e. The van der Waals surface area contributed by atoms with Gasteiger partial charge in [0.25, 0.3) is 6.43 Å². The molecular formula is C7H12F2O. The molecule has 0 aromatic rings. The number of hydrogen-bond acceptors (Lipinski definition) is 1. The molecule has 1 aliphatic carbocycles. The molecule has 0 radical (unpaired) electrons. The van der Waals surface area contributed by atoms with Crippen molar-refractivity contribution in [3.05, 3.63) is 0 Å². The fourth-order valence-corrected chi connectivity index (χ4v) is 0.939. The number of rotatable bonds is 4. The molecule has 0 aromatic carbocycles. The zero-order valence-electron chi connectivity index (χ0n) is 5.76. The fourth-order valence-electron chi connectivity index (χ4n) is 0.939. The van der Waals surface area contributed by atoms with Crippen molar-refractivity contribution >= 4 is 0 Å². The molecule has 0 bridgehead atoms. The Morgan fingerprint density at radius 3 is 2.40 bits per heavy atom. The second kappa shape index (κ2) is 3.28. The van der Waals surface area contributed by atoms with Crippen LogP contribution in [0.25, 0.3) is 0 Å². The SMILES string of the molecule is OC(CCC1CC1)C(F)F. The first-order valence-electron chi connectivity index (χ1n) is 3.66. The summed E-state index contributed by atoms with van der Waals surface area (Å²) in [6.07, 6.45) is -0.584. The van der Waals surface area contributed by atoms with Gasteiger partial charge in [0.1, 0.15) is 6.10 Å². The molecule has 1 aliphatic rings. The Morgan fingerprint density at radius 2 is 2.00 bits per heavy atom. The highest BCUT2D eigenvalue weighted by Crippen LogP contribution is 2.34. The van der Waals surface area contributed by atoms with Crippen molar-refractivity contribution in [1.29, 1.82) is 0 Å². The van der Waals surface area contributed by atoms with E-state index in [1.807, 2.05) is 0 Å². The monoisotopic (exact) mass is 150 g/mol. The minimum Gasteiger partial charge on any atom is -0.387 e. The summed E-state index contributed by atoms with van der Waals surface area (Å²) in [6, 6.07) is 0. The standard InChI is InChI=1S/C7H12F2O/c8-7(9)6(10)4-3-5-1-2-5/h5-7,10H,1-4H2. The van der Waals surface area contributed by atoms with Gasteiger partial charge in [-0.1, -0.05) is 12.8 Å². The topological polar surface area (TPSA) is 20.2 Å². The van der Waals surface area contributed by atoms with Crippen LogP contribution < -0.4 is 0 Å². The van der Waals surface area contributed by atoms with Crippen LogP contribution in [-0.2, 0) is 0 Å². The van der Waals surface area contributed by atoms with Crippen molar-refractivity contribution in [2.45, 2.75) is 38.2 Å². The van der Waals surface area contributed by atoms with Gasteiger partial charge in [-0.25, -0.2) is 8.78 Å². The second-order valence-corrected chi connectivity index (χ2v) is 2.92. The molecule has 1 saturated carbocycles. The van der Waals surface area contributed by atoms with Gasteiger partial charge < -0.3 is 5.11 Å². The van der Waals surface area contributed by atoms with Crippen LogP contribution in [0.5, 0.6) is 0 Å². The van der Waals surface area contributed by atoms with Crippen LogP contribution in [0.1, 0.15) is 25.7 Å². The summed E-state index contributed by atoms with van der Waals surface area (Å²) in [5, 5.41) is 8.65. The van der Waals surface area contributed by atoms with E-state index < -0.39 is 12.5 Å². The Kier molecular flexibility index (Phi) is 2.60. The number of alkyl halides is 2. The predicted octanol–water partition coefficient (Wildman–Crippen LogP) is 1.80. The van der Waals surface area contributed by atoms with E-state index in [1.54, 1.807) is 0 Å². The summed E-state index contributed by atoms with van der Waals surface area (Å²) in [5.41, 5.74) is 0. The maximum atomic E-state index is 11.6. The molecule has 1 unspecified atom stereocenters. The third-order valence-electron chi connectivity index (χ3n) is 1.86. The highest BCUT2D eigenvalue weighted by molar-refractivity contribution is 4.74. The molecule has 0 saturated heterocycles. The lowest BCUT2D eigenvalue weighted by Gasteiger charge is -2.07. The van der Waals surface area contributed by atoms with E-state index in [1.165, 1.54) is 0 Å². The lowest BCUT2D eigenvalue weighted by Crippen LogP contribution is -2.16. The zero-order valence-corrected chi connectivity index (χ0v) is 5.76. The average molecular weight is 150 g/mol. The summed E-state index contributed by atoms with van der Waals surface area (Å²) < 4.78 is 23.3. The van der Waals surface area contributed by atoms with Gasteiger partial charge in [0.15, 0.2) is 0 Å². The van der Waals surface area contributed by atoms with Crippen LogP contribution in [0, 0.1) is 5.92 Å². The molecule has 1 N–H and O–H groups in total. The summed E-state index contributed by atoms with van der Waals surface area (Å²) in [5.74, 6) is 0.633. The Morgan fingerprint density at radius 1 is 1.40 bits per heavy atom. The van der Waals surface area contributed by atoms with E-state index in [-0.39, 0.29) is 6.42 Å². The molecule has 3 heteroatoms. The maximum absolute atomic E-state index is 11.6. The van der Waals surface area contributed by atoms with Crippen LogP contribution in [0.15, 0.2) is 0 Å². The third kappa shape index (κ3) is 2.60. The van der Waals surface area contributed by atoms with E-state index in [0.717, 1.165) is 19.3 Å². The number of halogens is 2.